The molecule has 4 aromatic rings. The number of aryl methyl sites for hydroxylation is 1. The van der Waals surface area contributed by atoms with Crippen molar-refractivity contribution in [1.29, 1.82) is 0 Å². The van der Waals surface area contributed by atoms with E-state index in [2.05, 4.69) is 5.43 Å². The van der Waals surface area contributed by atoms with Crippen molar-refractivity contribution >= 4 is 52.1 Å². The largest absolute Gasteiger partial charge is 0.505 e. The average Bonchev–Trinajstić information content (AvgIpc) is 3.57. The average molecular weight is 775 g/mol. The van der Waals surface area contributed by atoms with Gasteiger partial charge in [0, 0.05) is 32.1 Å². The Hall–Kier alpha value is -6.97. The van der Waals surface area contributed by atoms with E-state index < -0.39 is 91.4 Å². The monoisotopic (exact) mass is 774 g/mol. The molecule has 6 unspecified atom stereocenters. The number of allylic oxidation sites excluding steroid dienone is 2. The molecule has 2 saturated heterocycles. The number of phenolic OH excluding ortho intramolecular Hbond substituents is 1. The minimum absolute atomic E-state index is 0.0301. The molecule has 6 atom stereocenters. The van der Waals surface area contributed by atoms with Crippen molar-refractivity contribution in [3.8, 4) is 5.75 Å². The van der Waals surface area contributed by atoms with E-state index in [1.54, 1.807) is 60.7 Å². The first-order chi connectivity index (χ1) is 27.2. The SMILES string of the molecule is Cc1ccc(NN2C(=O)C3CC4C(=CCC5C(=O)N(c6cc([N+](=O)[O-])c(N(C)C)c([N+](=O)[O-])c6)C(=O)C54)C(c4ccc(O)c(F)c4)C3(c3ccccc3)C2=O)cc1. The summed E-state index contributed by atoms with van der Waals surface area (Å²) in [6, 6.07) is 21.3. The van der Waals surface area contributed by atoms with Gasteiger partial charge >= 0.3 is 11.4 Å². The van der Waals surface area contributed by atoms with Gasteiger partial charge in [-0.3, -0.25) is 44.8 Å². The number of amides is 4. The van der Waals surface area contributed by atoms with Gasteiger partial charge in [-0.15, -0.1) is 0 Å². The van der Waals surface area contributed by atoms with Crippen LogP contribution in [0.2, 0.25) is 0 Å². The fourth-order valence-corrected chi connectivity index (χ4v) is 9.53. The van der Waals surface area contributed by atoms with E-state index in [0.29, 0.717) is 16.8 Å². The van der Waals surface area contributed by atoms with Crippen molar-refractivity contribution < 1.29 is 38.5 Å². The number of nitro benzene ring substituents is 2. The predicted octanol–water partition coefficient (Wildman–Crippen LogP) is 5.91. The second-order valence-corrected chi connectivity index (χ2v) is 15.1. The highest BCUT2D eigenvalue weighted by Gasteiger charge is 2.70. The number of nitrogens with one attached hydrogen (secondary N) is 1. The molecule has 4 aliphatic rings. The second kappa shape index (κ2) is 13.4. The minimum Gasteiger partial charge on any atom is -0.505 e. The van der Waals surface area contributed by atoms with Crippen LogP contribution < -0.4 is 15.2 Å². The zero-order valence-corrected chi connectivity index (χ0v) is 30.8. The Kier molecular flexibility index (Phi) is 8.66. The van der Waals surface area contributed by atoms with E-state index in [9.17, 15) is 39.7 Å². The number of anilines is 3. The summed E-state index contributed by atoms with van der Waals surface area (Å²) < 4.78 is 15.4. The highest BCUT2D eigenvalue weighted by molar-refractivity contribution is 6.23. The maximum Gasteiger partial charge on any atom is 0.301 e. The summed E-state index contributed by atoms with van der Waals surface area (Å²) >= 11 is 0. The number of imide groups is 2. The van der Waals surface area contributed by atoms with E-state index >= 15 is 9.18 Å². The molecule has 2 aliphatic carbocycles. The van der Waals surface area contributed by atoms with Crippen LogP contribution in [0.1, 0.15) is 35.4 Å². The third kappa shape index (κ3) is 5.45. The van der Waals surface area contributed by atoms with Crippen molar-refractivity contribution in [3.05, 3.63) is 139 Å². The van der Waals surface area contributed by atoms with Crippen molar-refractivity contribution in [2.75, 3.05) is 29.3 Å². The van der Waals surface area contributed by atoms with Gasteiger partial charge in [0.25, 0.3) is 11.8 Å². The van der Waals surface area contributed by atoms with E-state index in [4.69, 9.17) is 0 Å². The van der Waals surface area contributed by atoms with Crippen LogP contribution in [0.5, 0.6) is 5.75 Å². The molecule has 57 heavy (non-hydrogen) atoms. The highest BCUT2D eigenvalue weighted by Crippen LogP contribution is 2.64. The first-order valence-electron chi connectivity index (χ1n) is 18.1. The van der Waals surface area contributed by atoms with Gasteiger partial charge in [-0.05, 0) is 61.1 Å². The van der Waals surface area contributed by atoms with Crippen molar-refractivity contribution in [2.24, 2.45) is 23.7 Å². The van der Waals surface area contributed by atoms with Crippen LogP contribution in [-0.2, 0) is 24.6 Å². The first kappa shape index (κ1) is 37.0. The molecule has 290 valence electrons. The molecule has 8 rings (SSSR count). The highest BCUT2D eigenvalue weighted by atomic mass is 19.1. The number of aromatic hydroxyl groups is 1. The smallest absolute Gasteiger partial charge is 0.301 e. The normalized spacial score (nSPS) is 25.1. The second-order valence-electron chi connectivity index (χ2n) is 15.1. The molecular formula is C41H35FN6O9. The van der Waals surface area contributed by atoms with Gasteiger partial charge in [-0.1, -0.05) is 65.7 Å². The summed E-state index contributed by atoms with van der Waals surface area (Å²) in [5.41, 5.74) is 1.84. The molecule has 0 bridgehead atoms. The van der Waals surface area contributed by atoms with Gasteiger partial charge in [-0.25, -0.2) is 9.29 Å². The Morgan fingerprint density at radius 3 is 2.11 bits per heavy atom. The molecule has 0 spiro atoms. The molecule has 2 aliphatic heterocycles. The fourth-order valence-electron chi connectivity index (χ4n) is 9.53. The Balaban J connectivity index is 1.30. The lowest BCUT2D eigenvalue weighted by atomic mass is 9.49. The minimum atomic E-state index is -1.69. The molecule has 1 saturated carbocycles. The van der Waals surface area contributed by atoms with Crippen molar-refractivity contribution in [2.45, 2.75) is 31.1 Å². The number of hydrogen-bond acceptors (Lipinski definition) is 11. The molecule has 3 fully saturated rings. The van der Waals surface area contributed by atoms with Crippen molar-refractivity contribution in [3.63, 3.8) is 0 Å². The van der Waals surface area contributed by atoms with E-state index in [-0.39, 0.29) is 29.8 Å². The van der Waals surface area contributed by atoms with E-state index in [0.717, 1.165) is 39.7 Å². The molecule has 2 N–H and O–H groups in total. The predicted molar refractivity (Wildman–Crippen MR) is 203 cm³/mol. The number of fused-ring (bicyclic) bond motifs is 4. The van der Waals surface area contributed by atoms with Gasteiger partial charge < -0.3 is 10.0 Å². The summed E-state index contributed by atoms with van der Waals surface area (Å²) in [5, 5.41) is 35.6. The Labute approximate surface area is 324 Å². The Bertz CT molecular complexity index is 2420. The number of carbonyl (C=O) groups excluding carboxylic acids is 4. The van der Waals surface area contributed by atoms with Crippen LogP contribution in [0, 0.1) is 56.6 Å². The lowest BCUT2D eigenvalue weighted by Gasteiger charge is -2.50. The third-order valence-electron chi connectivity index (χ3n) is 11.9. The quantitative estimate of drug-likeness (QED) is 0.0934. The number of carbonyl (C=O) groups is 4. The zero-order valence-electron chi connectivity index (χ0n) is 30.8. The molecule has 15 nitrogen and oxygen atoms in total. The van der Waals surface area contributed by atoms with Crippen LogP contribution in [0.25, 0.3) is 0 Å². The maximum absolute atomic E-state index is 15.4. The van der Waals surface area contributed by atoms with E-state index in [1.165, 1.54) is 25.1 Å². The first-order valence-corrected chi connectivity index (χ1v) is 18.1. The summed E-state index contributed by atoms with van der Waals surface area (Å²) in [7, 11) is 2.79. The van der Waals surface area contributed by atoms with Crippen LogP contribution in [0.15, 0.2) is 96.6 Å². The molecule has 0 aromatic heterocycles. The number of benzene rings is 4. The van der Waals surface area contributed by atoms with Crippen molar-refractivity contribution in [1.82, 2.24) is 5.01 Å². The van der Waals surface area contributed by atoms with Gasteiger partial charge in [0.2, 0.25) is 11.8 Å². The zero-order chi connectivity index (χ0) is 40.7. The number of nitrogens with zero attached hydrogens (tertiary/aromatic N) is 5. The molecular weight excluding hydrogens is 739 g/mol. The molecule has 0 radical (unpaired) electrons. The molecule has 16 heteroatoms. The number of nitro groups is 2. The number of rotatable bonds is 8. The third-order valence-corrected chi connectivity index (χ3v) is 11.9. The lowest BCUT2D eigenvalue weighted by Crippen LogP contribution is -2.53. The van der Waals surface area contributed by atoms with Gasteiger partial charge in [0.15, 0.2) is 17.3 Å². The fraction of sp³-hybridized carbons (Fsp3) is 0.268. The number of hydrazine groups is 1. The lowest BCUT2D eigenvalue weighted by molar-refractivity contribution is -0.392. The van der Waals surface area contributed by atoms with E-state index in [1.807, 2.05) is 6.92 Å². The van der Waals surface area contributed by atoms with Gasteiger partial charge in [0.1, 0.15) is 0 Å². The van der Waals surface area contributed by atoms with Crippen LogP contribution >= 0.6 is 0 Å². The Morgan fingerprint density at radius 1 is 0.860 bits per heavy atom. The van der Waals surface area contributed by atoms with Crippen LogP contribution in [0.4, 0.5) is 32.8 Å². The Morgan fingerprint density at radius 2 is 1.51 bits per heavy atom. The topological polar surface area (TPSA) is 197 Å². The summed E-state index contributed by atoms with van der Waals surface area (Å²) in [4.78, 5) is 83.7. The number of halogens is 1. The van der Waals surface area contributed by atoms with Gasteiger partial charge in [0.05, 0.1) is 44.4 Å². The van der Waals surface area contributed by atoms with Crippen LogP contribution in [-0.4, -0.2) is 57.7 Å². The molecule has 2 heterocycles. The standard InChI is InChI=1S/C41H35FN6O9/c1-21-9-12-24(13-10-21)43-46-38(51)29-20-28-26(35(22-11-16-33(49)30(42)17-22)41(29,40(46)53)23-7-5-4-6-8-23)14-15-27-34(28)39(52)45(37(27)50)25-18-31(47(54)55)36(44(2)3)32(19-25)48(56)57/h4-14,16-19,27-29,34-35,43,49H,15,20H2,1-3H3. The number of phenols is 1. The molecule has 4 amide bonds. The summed E-state index contributed by atoms with van der Waals surface area (Å²) in [6.45, 7) is 1.89. The maximum atomic E-state index is 15.4. The van der Waals surface area contributed by atoms with Gasteiger partial charge in [-0.2, -0.15) is 5.01 Å². The summed E-state index contributed by atoms with van der Waals surface area (Å²) in [5.74, 6) is -9.66. The summed E-state index contributed by atoms with van der Waals surface area (Å²) in [6.07, 6.45) is 1.62. The number of hydrogen-bond donors (Lipinski definition) is 2. The van der Waals surface area contributed by atoms with Crippen LogP contribution in [0.3, 0.4) is 0 Å². The molecule has 4 aromatic carbocycles.